The first-order chi connectivity index (χ1) is 19.4. The van der Waals surface area contributed by atoms with E-state index in [0.29, 0.717) is 17.9 Å². The third-order valence-corrected chi connectivity index (χ3v) is 5.82. The van der Waals surface area contributed by atoms with Crippen LogP contribution in [0.2, 0.25) is 0 Å². The highest BCUT2D eigenvalue weighted by atomic mass is 16.5. The Bertz CT molecular complexity index is 1490. The van der Waals surface area contributed by atoms with Crippen LogP contribution in [0.15, 0.2) is 91.1 Å². The minimum absolute atomic E-state index is 0.109. The average molecular weight is 540 g/mol. The van der Waals surface area contributed by atoms with Crippen LogP contribution in [-0.4, -0.2) is 34.5 Å². The standard InChI is InChI=1S/C31H29N3O6/c1-2-39-31(38)24-7-4-9-26(18-24)40-30-27(10-5-15-32-30)29(37)34-20-22-13-11-21(12-14-22)19-33-28(36)17-23-6-3-8-25(35)16-23/h3-16,18,35H,2,17,19-20H2,1H3,(H,33,36)(H,34,37). The molecular weight excluding hydrogens is 510 g/mol. The average Bonchev–Trinajstić information content (AvgIpc) is 2.96. The van der Waals surface area contributed by atoms with Gasteiger partial charge in [-0.05, 0) is 66.1 Å². The first kappa shape index (κ1) is 27.8. The number of rotatable bonds is 11. The van der Waals surface area contributed by atoms with Crippen LogP contribution in [0.3, 0.4) is 0 Å². The molecule has 0 aliphatic heterocycles. The maximum absolute atomic E-state index is 12.9. The SMILES string of the molecule is CCOC(=O)c1cccc(Oc2ncccc2C(=O)NCc2ccc(CNC(=O)Cc3cccc(O)c3)cc2)c1. The van der Waals surface area contributed by atoms with Crippen molar-refractivity contribution >= 4 is 17.8 Å². The van der Waals surface area contributed by atoms with Crippen LogP contribution in [0.1, 0.15) is 44.3 Å². The topological polar surface area (TPSA) is 127 Å². The lowest BCUT2D eigenvalue weighted by Crippen LogP contribution is -2.25. The molecule has 9 heteroatoms. The lowest BCUT2D eigenvalue weighted by molar-refractivity contribution is -0.120. The molecule has 0 saturated heterocycles. The van der Waals surface area contributed by atoms with Gasteiger partial charge in [0.05, 0.1) is 18.6 Å². The molecule has 0 fully saturated rings. The van der Waals surface area contributed by atoms with Crippen molar-refractivity contribution < 1.29 is 29.0 Å². The van der Waals surface area contributed by atoms with E-state index >= 15 is 0 Å². The Morgan fingerprint density at radius 1 is 0.825 bits per heavy atom. The number of carbonyl (C=O) groups is 3. The number of nitrogens with zero attached hydrogens (tertiary/aromatic N) is 1. The van der Waals surface area contributed by atoms with E-state index in [1.54, 1.807) is 61.5 Å². The number of hydrogen-bond donors (Lipinski definition) is 3. The van der Waals surface area contributed by atoms with Gasteiger partial charge in [-0.3, -0.25) is 9.59 Å². The molecule has 4 aromatic rings. The summed E-state index contributed by atoms with van der Waals surface area (Å²) in [7, 11) is 0. The predicted molar refractivity (Wildman–Crippen MR) is 148 cm³/mol. The molecule has 3 N–H and O–H groups in total. The van der Waals surface area contributed by atoms with Crippen LogP contribution in [0.4, 0.5) is 0 Å². The molecule has 204 valence electrons. The van der Waals surface area contributed by atoms with Gasteiger partial charge in [0.25, 0.3) is 5.91 Å². The van der Waals surface area contributed by atoms with E-state index in [0.717, 1.165) is 16.7 Å². The molecule has 1 heterocycles. The molecule has 3 aromatic carbocycles. The highest BCUT2D eigenvalue weighted by Gasteiger charge is 2.15. The normalized spacial score (nSPS) is 10.4. The summed E-state index contributed by atoms with van der Waals surface area (Å²) in [5.74, 6) is -0.396. The quantitative estimate of drug-likeness (QED) is 0.239. The number of hydrogen-bond acceptors (Lipinski definition) is 7. The number of phenols is 1. The fraction of sp³-hybridized carbons (Fsp3) is 0.161. The molecular formula is C31H29N3O6. The van der Waals surface area contributed by atoms with Gasteiger partial charge in [0.15, 0.2) is 0 Å². The Morgan fingerprint density at radius 2 is 1.55 bits per heavy atom. The number of ether oxygens (including phenoxy) is 2. The predicted octanol–water partition coefficient (Wildman–Crippen LogP) is 4.55. The molecule has 0 radical (unpaired) electrons. The number of benzene rings is 3. The molecule has 0 aliphatic rings. The number of pyridine rings is 1. The van der Waals surface area contributed by atoms with Gasteiger partial charge in [-0.1, -0.05) is 42.5 Å². The summed E-state index contributed by atoms with van der Waals surface area (Å²) in [6.07, 6.45) is 1.69. The van der Waals surface area contributed by atoms with Gasteiger partial charge in [0.1, 0.15) is 17.1 Å². The van der Waals surface area contributed by atoms with Crippen LogP contribution in [0.5, 0.6) is 17.4 Å². The van der Waals surface area contributed by atoms with E-state index in [1.165, 1.54) is 12.3 Å². The zero-order valence-electron chi connectivity index (χ0n) is 21.9. The van der Waals surface area contributed by atoms with Gasteiger partial charge in [-0.2, -0.15) is 0 Å². The van der Waals surface area contributed by atoms with Crippen LogP contribution < -0.4 is 15.4 Å². The molecule has 2 amide bonds. The van der Waals surface area contributed by atoms with Crippen molar-refractivity contribution in [3.05, 3.63) is 119 Å². The number of carbonyl (C=O) groups excluding carboxylic acids is 3. The van der Waals surface area contributed by atoms with Crippen molar-refractivity contribution in [1.29, 1.82) is 0 Å². The third-order valence-electron chi connectivity index (χ3n) is 5.82. The first-order valence-corrected chi connectivity index (χ1v) is 12.7. The molecule has 0 atom stereocenters. The van der Waals surface area contributed by atoms with Gasteiger partial charge in [-0.25, -0.2) is 9.78 Å². The van der Waals surface area contributed by atoms with Gasteiger partial charge in [0.2, 0.25) is 11.8 Å². The van der Waals surface area contributed by atoms with E-state index in [4.69, 9.17) is 9.47 Å². The van der Waals surface area contributed by atoms with E-state index in [2.05, 4.69) is 15.6 Å². The summed E-state index contributed by atoms with van der Waals surface area (Å²) in [5.41, 5.74) is 3.09. The van der Waals surface area contributed by atoms with Crippen molar-refractivity contribution in [2.75, 3.05) is 6.61 Å². The van der Waals surface area contributed by atoms with Crippen molar-refractivity contribution in [1.82, 2.24) is 15.6 Å². The minimum Gasteiger partial charge on any atom is -0.508 e. The Balaban J connectivity index is 1.30. The van der Waals surface area contributed by atoms with E-state index in [1.807, 2.05) is 24.3 Å². The van der Waals surface area contributed by atoms with E-state index in [-0.39, 0.29) is 48.6 Å². The second-order valence-electron chi connectivity index (χ2n) is 8.83. The number of esters is 1. The molecule has 4 rings (SSSR count). The number of nitrogens with one attached hydrogen (secondary N) is 2. The molecule has 9 nitrogen and oxygen atoms in total. The molecule has 0 unspecified atom stereocenters. The Hall–Kier alpha value is -5.18. The van der Waals surface area contributed by atoms with E-state index in [9.17, 15) is 19.5 Å². The summed E-state index contributed by atoms with van der Waals surface area (Å²) in [6, 6.07) is 23.8. The van der Waals surface area contributed by atoms with E-state index < -0.39 is 5.97 Å². The number of amides is 2. The summed E-state index contributed by atoms with van der Waals surface area (Å²) < 4.78 is 10.9. The number of aromatic nitrogens is 1. The molecule has 0 saturated carbocycles. The minimum atomic E-state index is -0.464. The van der Waals surface area contributed by atoms with Gasteiger partial charge >= 0.3 is 5.97 Å². The molecule has 40 heavy (non-hydrogen) atoms. The summed E-state index contributed by atoms with van der Waals surface area (Å²) in [4.78, 5) is 41.4. The maximum Gasteiger partial charge on any atom is 0.338 e. The number of aromatic hydroxyl groups is 1. The van der Waals surface area contributed by atoms with Crippen LogP contribution in [0, 0.1) is 0 Å². The second kappa shape index (κ2) is 13.6. The lowest BCUT2D eigenvalue weighted by atomic mass is 10.1. The molecule has 1 aromatic heterocycles. The Labute approximate surface area is 231 Å². The Morgan fingerprint density at radius 3 is 2.27 bits per heavy atom. The molecule has 0 spiro atoms. The van der Waals surface area contributed by atoms with Crippen molar-refractivity contribution in [2.24, 2.45) is 0 Å². The van der Waals surface area contributed by atoms with Gasteiger partial charge in [0, 0.05) is 19.3 Å². The highest BCUT2D eigenvalue weighted by Crippen LogP contribution is 2.24. The fourth-order valence-electron chi connectivity index (χ4n) is 3.83. The van der Waals surface area contributed by atoms with Gasteiger partial charge in [-0.15, -0.1) is 0 Å². The largest absolute Gasteiger partial charge is 0.508 e. The summed E-state index contributed by atoms with van der Waals surface area (Å²) in [6.45, 7) is 2.62. The maximum atomic E-state index is 12.9. The monoisotopic (exact) mass is 539 g/mol. The van der Waals surface area contributed by atoms with Crippen LogP contribution in [-0.2, 0) is 29.0 Å². The first-order valence-electron chi connectivity index (χ1n) is 12.7. The number of phenolic OH excluding ortho intramolecular Hbond substituents is 1. The smallest absolute Gasteiger partial charge is 0.338 e. The van der Waals surface area contributed by atoms with Gasteiger partial charge < -0.3 is 25.2 Å². The van der Waals surface area contributed by atoms with Crippen molar-refractivity contribution in [3.63, 3.8) is 0 Å². The Kier molecular flexibility index (Phi) is 9.44. The van der Waals surface area contributed by atoms with Crippen molar-refractivity contribution in [3.8, 4) is 17.4 Å². The zero-order chi connectivity index (χ0) is 28.3. The van der Waals surface area contributed by atoms with Crippen LogP contribution >= 0.6 is 0 Å². The zero-order valence-corrected chi connectivity index (χ0v) is 21.9. The summed E-state index contributed by atoms with van der Waals surface area (Å²) in [5, 5.41) is 15.3. The van der Waals surface area contributed by atoms with Crippen molar-refractivity contribution in [2.45, 2.75) is 26.4 Å². The lowest BCUT2D eigenvalue weighted by Gasteiger charge is -2.11. The second-order valence-corrected chi connectivity index (χ2v) is 8.83. The molecule has 0 aliphatic carbocycles. The van der Waals surface area contributed by atoms with Crippen LogP contribution in [0.25, 0.3) is 0 Å². The summed E-state index contributed by atoms with van der Waals surface area (Å²) >= 11 is 0. The third kappa shape index (κ3) is 7.91. The highest BCUT2D eigenvalue weighted by molar-refractivity contribution is 5.96. The fourth-order valence-corrected chi connectivity index (χ4v) is 3.83. The molecule has 0 bridgehead atoms.